The average molecular weight is 291 g/mol. The lowest BCUT2D eigenvalue weighted by molar-refractivity contribution is 0.0687. The molecule has 0 aliphatic carbocycles. The SMILES string of the molecule is CC1COCCN1c1cc2c(c(C(=O)O)n1)CN(C)C2=O. The summed E-state index contributed by atoms with van der Waals surface area (Å²) in [5.41, 5.74) is 0.914. The van der Waals surface area contributed by atoms with E-state index in [0.29, 0.717) is 43.2 Å². The van der Waals surface area contributed by atoms with Gasteiger partial charge in [-0.3, -0.25) is 4.79 Å². The maximum Gasteiger partial charge on any atom is 0.354 e. The minimum Gasteiger partial charge on any atom is -0.476 e. The Morgan fingerprint density at radius 1 is 1.52 bits per heavy atom. The number of fused-ring (bicyclic) bond motifs is 1. The summed E-state index contributed by atoms with van der Waals surface area (Å²) in [7, 11) is 1.66. The van der Waals surface area contributed by atoms with Gasteiger partial charge in [-0.2, -0.15) is 0 Å². The van der Waals surface area contributed by atoms with Crippen LogP contribution in [0.2, 0.25) is 0 Å². The summed E-state index contributed by atoms with van der Waals surface area (Å²) >= 11 is 0. The predicted molar refractivity (Wildman–Crippen MR) is 74.6 cm³/mol. The van der Waals surface area contributed by atoms with Gasteiger partial charge in [0.2, 0.25) is 0 Å². The number of carboxylic acid groups (broad SMARTS) is 1. The molecule has 1 unspecified atom stereocenters. The monoisotopic (exact) mass is 291 g/mol. The molecule has 112 valence electrons. The summed E-state index contributed by atoms with van der Waals surface area (Å²) < 4.78 is 5.38. The number of pyridine rings is 1. The maximum atomic E-state index is 12.1. The summed E-state index contributed by atoms with van der Waals surface area (Å²) in [5, 5.41) is 9.37. The number of carbonyl (C=O) groups excluding carboxylic acids is 1. The number of rotatable bonds is 2. The number of carbonyl (C=O) groups is 2. The maximum absolute atomic E-state index is 12.1. The fraction of sp³-hybridized carbons (Fsp3) is 0.500. The lowest BCUT2D eigenvalue weighted by atomic mass is 10.1. The number of aromatic carboxylic acids is 1. The fourth-order valence-electron chi connectivity index (χ4n) is 2.82. The number of carboxylic acids is 1. The lowest BCUT2D eigenvalue weighted by Crippen LogP contribution is -2.44. The van der Waals surface area contributed by atoms with Crippen LogP contribution in [-0.2, 0) is 11.3 Å². The van der Waals surface area contributed by atoms with Crippen LogP contribution in [0.5, 0.6) is 0 Å². The third-order valence-corrected chi connectivity index (χ3v) is 3.95. The molecule has 1 aromatic rings. The van der Waals surface area contributed by atoms with Gasteiger partial charge < -0.3 is 19.6 Å². The number of hydrogen-bond donors (Lipinski definition) is 1. The van der Waals surface area contributed by atoms with Crippen molar-refractivity contribution in [1.82, 2.24) is 9.88 Å². The second-order valence-corrected chi connectivity index (χ2v) is 5.44. The van der Waals surface area contributed by atoms with Gasteiger partial charge in [0, 0.05) is 25.7 Å². The van der Waals surface area contributed by atoms with E-state index in [-0.39, 0.29) is 17.6 Å². The summed E-state index contributed by atoms with van der Waals surface area (Å²) in [5.74, 6) is -0.722. The van der Waals surface area contributed by atoms with Crippen LogP contribution in [0, 0.1) is 0 Å². The molecule has 3 rings (SSSR count). The highest BCUT2D eigenvalue weighted by molar-refractivity contribution is 6.02. The van der Waals surface area contributed by atoms with Crippen molar-refractivity contribution in [3.05, 3.63) is 22.9 Å². The van der Waals surface area contributed by atoms with E-state index in [2.05, 4.69) is 4.98 Å². The van der Waals surface area contributed by atoms with E-state index in [9.17, 15) is 14.7 Å². The third kappa shape index (κ3) is 2.23. The van der Waals surface area contributed by atoms with Gasteiger partial charge >= 0.3 is 5.97 Å². The molecule has 2 aliphatic rings. The highest BCUT2D eigenvalue weighted by atomic mass is 16.5. The van der Waals surface area contributed by atoms with E-state index in [0.717, 1.165) is 0 Å². The number of anilines is 1. The molecule has 21 heavy (non-hydrogen) atoms. The Bertz CT molecular complexity index is 616. The van der Waals surface area contributed by atoms with Gasteiger partial charge in [0.1, 0.15) is 5.82 Å². The summed E-state index contributed by atoms with van der Waals surface area (Å²) in [6, 6.07) is 1.80. The largest absolute Gasteiger partial charge is 0.476 e. The molecule has 1 amide bonds. The Hall–Kier alpha value is -2.15. The van der Waals surface area contributed by atoms with Crippen molar-refractivity contribution in [1.29, 1.82) is 0 Å². The van der Waals surface area contributed by atoms with E-state index in [4.69, 9.17) is 4.74 Å². The number of aromatic nitrogens is 1. The fourth-order valence-corrected chi connectivity index (χ4v) is 2.82. The standard InChI is InChI=1S/C14H17N3O4/c1-8-7-21-4-3-17(8)11-5-9-10(6-16(2)13(9)18)12(15-11)14(19)20/h5,8H,3-4,6-7H2,1-2H3,(H,19,20). The first-order valence-corrected chi connectivity index (χ1v) is 6.86. The molecule has 1 aromatic heterocycles. The van der Waals surface area contributed by atoms with Crippen LogP contribution < -0.4 is 4.90 Å². The highest BCUT2D eigenvalue weighted by Crippen LogP contribution is 2.29. The molecule has 0 bridgehead atoms. The molecular weight excluding hydrogens is 274 g/mol. The van der Waals surface area contributed by atoms with Crippen molar-refractivity contribution in [2.24, 2.45) is 0 Å². The number of ether oxygens (including phenoxy) is 1. The first kappa shape index (κ1) is 13.8. The van der Waals surface area contributed by atoms with Crippen molar-refractivity contribution in [2.45, 2.75) is 19.5 Å². The van der Waals surface area contributed by atoms with E-state index >= 15 is 0 Å². The smallest absolute Gasteiger partial charge is 0.354 e. The van der Waals surface area contributed by atoms with Crippen molar-refractivity contribution in [3.63, 3.8) is 0 Å². The van der Waals surface area contributed by atoms with Crippen LogP contribution in [0.4, 0.5) is 5.82 Å². The van der Waals surface area contributed by atoms with Gasteiger partial charge in [-0.25, -0.2) is 9.78 Å². The topological polar surface area (TPSA) is 83.0 Å². The summed E-state index contributed by atoms with van der Waals surface area (Å²) in [6.07, 6.45) is 0. The number of amides is 1. The average Bonchev–Trinajstić information content (AvgIpc) is 2.74. The molecule has 1 N–H and O–H groups in total. The normalized spacial score (nSPS) is 21.6. The predicted octanol–water partition coefficient (Wildman–Crippen LogP) is 0.591. The Labute approximate surface area is 122 Å². The van der Waals surface area contributed by atoms with Crippen molar-refractivity contribution in [2.75, 3.05) is 31.7 Å². The van der Waals surface area contributed by atoms with Crippen molar-refractivity contribution >= 4 is 17.7 Å². The Morgan fingerprint density at radius 2 is 2.29 bits per heavy atom. The number of morpholine rings is 1. The van der Waals surface area contributed by atoms with Gasteiger partial charge in [-0.15, -0.1) is 0 Å². The number of hydrogen-bond acceptors (Lipinski definition) is 5. The molecule has 2 aliphatic heterocycles. The van der Waals surface area contributed by atoms with E-state index in [1.165, 1.54) is 4.90 Å². The van der Waals surface area contributed by atoms with Crippen molar-refractivity contribution < 1.29 is 19.4 Å². The molecule has 0 radical (unpaired) electrons. The minimum atomic E-state index is -1.10. The minimum absolute atomic E-state index is 0.0288. The molecule has 7 heteroatoms. The second kappa shape index (κ2) is 5.00. The van der Waals surface area contributed by atoms with Crippen LogP contribution in [0.3, 0.4) is 0 Å². The van der Waals surface area contributed by atoms with Crippen molar-refractivity contribution in [3.8, 4) is 0 Å². The Morgan fingerprint density at radius 3 is 2.95 bits per heavy atom. The van der Waals surface area contributed by atoms with Gasteiger partial charge in [0.15, 0.2) is 5.69 Å². The third-order valence-electron chi connectivity index (χ3n) is 3.95. The molecular formula is C14H17N3O4. The Balaban J connectivity index is 2.09. The van der Waals surface area contributed by atoms with Gasteiger partial charge in [-0.05, 0) is 13.0 Å². The molecule has 1 atom stereocenters. The van der Waals surface area contributed by atoms with Crippen LogP contribution in [0.1, 0.15) is 33.3 Å². The van der Waals surface area contributed by atoms with Crippen LogP contribution in [-0.4, -0.2) is 59.7 Å². The summed E-state index contributed by atoms with van der Waals surface area (Å²) in [6.45, 7) is 4.05. The molecule has 7 nitrogen and oxygen atoms in total. The van der Waals surface area contributed by atoms with Crippen LogP contribution in [0.15, 0.2) is 6.07 Å². The Kier molecular flexibility index (Phi) is 3.29. The zero-order valence-electron chi connectivity index (χ0n) is 12.0. The second-order valence-electron chi connectivity index (χ2n) is 5.44. The van der Waals surface area contributed by atoms with Gasteiger partial charge in [-0.1, -0.05) is 0 Å². The zero-order chi connectivity index (χ0) is 15.1. The van der Waals surface area contributed by atoms with E-state index in [1.54, 1.807) is 13.1 Å². The molecule has 0 spiro atoms. The quantitative estimate of drug-likeness (QED) is 0.858. The molecule has 1 saturated heterocycles. The summed E-state index contributed by atoms with van der Waals surface area (Å²) in [4.78, 5) is 31.4. The first-order valence-electron chi connectivity index (χ1n) is 6.86. The molecule has 0 saturated carbocycles. The number of nitrogens with zero attached hydrogens (tertiary/aromatic N) is 3. The van der Waals surface area contributed by atoms with E-state index in [1.807, 2.05) is 11.8 Å². The van der Waals surface area contributed by atoms with Gasteiger partial charge in [0.25, 0.3) is 5.91 Å². The lowest BCUT2D eigenvalue weighted by Gasteiger charge is -2.34. The molecule has 1 fully saturated rings. The zero-order valence-corrected chi connectivity index (χ0v) is 12.0. The molecule has 0 aromatic carbocycles. The van der Waals surface area contributed by atoms with Crippen LogP contribution in [0.25, 0.3) is 0 Å². The van der Waals surface area contributed by atoms with Crippen LogP contribution >= 0.6 is 0 Å². The molecule has 3 heterocycles. The highest BCUT2D eigenvalue weighted by Gasteiger charge is 2.32. The first-order chi connectivity index (χ1) is 9.99. The van der Waals surface area contributed by atoms with Gasteiger partial charge in [0.05, 0.1) is 24.8 Å². The van der Waals surface area contributed by atoms with E-state index < -0.39 is 5.97 Å².